The third-order valence-corrected chi connectivity index (χ3v) is 5.30. The van der Waals surface area contributed by atoms with Gasteiger partial charge in [-0.15, -0.1) is 0 Å². The molecule has 3 aromatic rings. The number of carbonyl (C=O) groups is 1. The number of fused-ring (bicyclic) bond motifs is 1. The molecule has 31 heavy (non-hydrogen) atoms. The second kappa shape index (κ2) is 8.65. The maximum atomic E-state index is 12.5. The number of rotatable bonds is 6. The molecule has 4 heterocycles. The van der Waals surface area contributed by atoms with Crippen LogP contribution in [0.1, 0.15) is 5.69 Å². The van der Waals surface area contributed by atoms with E-state index in [4.69, 9.17) is 18.7 Å². The summed E-state index contributed by atoms with van der Waals surface area (Å²) in [6.07, 6.45) is 1.78. The number of carbonyl (C=O) groups excluding carboxylic acids is 1. The Hall–Kier alpha value is -3.59. The first kappa shape index (κ1) is 19.4. The molecule has 1 aromatic carbocycles. The van der Waals surface area contributed by atoms with Gasteiger partial charge >= 0.3 is 0 Å². The molecular weight excluding hydrogens is 400 g/mol. The number of hydrogen-bond acceptors (Lipinski definition) is 8. The molecule has 5 rings (SSSR count). The van der Waals surface area contributed by atoms with Crippen molar-refractivity contribution in [3.05, 3.63) is 54.4 Å². The maximum absolute atomic E-state index is 12.5. The van der Waals surface area contributed by atoms with Gasteiger partial charge < -0.3 is 28.5 Å². The number of ether oxygens (including phenoxy) is 3. The highest BCUT2D eigenvalue weighted by atomic mass is 16.7. The number of nitrogens with zero attached hydrogens (tertiary/aromatic N) is 4. The number of anilines is 1. The topological polar surface area (TPSA) is 90.2 Å². The van der Waals surface area contributed by atoms with E-state index in [1.165, 1.54) is 0 Å². The van der Waals surface area contributed by atoms with Gasteiger partial charge in [0.2, 0.25) is 12.7 Å². The predicted octanol–water partition coefficient (Wildman–Crippen LogP) is 2.33. The van der Waals surface area contributed by atoms with E-state index in [9.17, 15) is 4.79 Å². The first-order valence-corrected chi connectivity index (χ1v) is 10.1. The van der Waals surface area contributed by atoms with Crippen LogP contribution in [0.2, 0.25) is 0 Å². The van der Waals surface area contributed by atoms with Crippen LogP contribution in [-0.4, -0.2) is 60.5 Å². The second-order valence-corrected chi connectivity index (χ2v) is 7.30. The summed E-state index contributed by atoms with van der Waals surface area (Å²) in [4.78, 5) is 20.8. The molecule has 2 aliphatic heterocycles. The monoisotopic (exact) mass is 422 g/mol. The SMILES string of the molecule is O=C(COCc1cc(-c2ccc3c(c2)OCO3)on1)N1CCN(c2ccccn2)CC1. The van der Waals surface area contributed by atoms with Gasteiger partial charge in [0.05, 0.1) is 6.61 Å². The third kappa shape index (κ3) is 4.31. The van der Waals surface area contributed by atoms with Crippen molar-refractivity contribution in [1.29, 1.82) is 0 Å². The molecule has 1 fully saturated rings. The van der Waals surface area contributed by atoms with Crippen LogP contribution in [0.4, 0.5) is 5.82 Å². The molecule has 0 bridgehead atoms. The third-order valence-electron chi connectivity index (χ3n) is 5.30. The van der Waals surface area contributed by atoms with Gasteiger partial charge in [-0.05, 0) is 30.3 Å². The Morgan fingerprint density at radius 1 is 1.03 bits per heavy atom. The minimum atomic E-state index is -0.0276. The van der Waals surface area contributed by atoms with Crippen molar-refractivity contribution >= 4 is 11.7 Å². The van der Waals surface area contributed by atoms with Gasteiger partial charge in [0.15, 0.2) is 17.3 Å². The van der Waals surface area contributed by atoms with Crippen LogP contribution in [0.15, 0.2) is 53.2 Å². The van der Waals surface area contributed by atoms with Crippen molar-refractivity contribution in [2.45, 2.75) is 6.61 Å². The van der Waals surface area contributed by atoms with Gasteiger partial charge in [0.1, 0.15) is 18.1 Å². The smallest absolute Gasteiger partial charge is 0.248 e. The Morgan fingerprint density at radius 2 is 1.90 bits per heavy atom. The molecule has 0 unspecified atom stereocenters. The molecule has 0 radical (unpaired) electrons. The normalized spacial score (nSPS) is 15.4. The minimum absolute atomic E-state index is 0.00973. The van der Waals surface area contributed by atoms with Gasteiger partial charge in [-0.2, -0.15) is 0 Å². The predicted molar refractivity (Wildman–Crippen MR) is 111 cm³/mol. The summed E-state index contributed by atoms with van der Waals surface area (Å²) in [5.74, 6) is 2.91. The number of hydrogen-bond donors (Lipinski definition) is 0. The summed E-state index contributed by atoms with van der Waals surface area (Å²) in [5, 5.41) is 4.03. The van der Waals surface area contributed by atoms with E-state index in [2.05, 4.69) is 15.0 Å². The Labute approximate surface area is 179 Å². The average Bonchev–Trinajstić information content (AvgIpc) is 3.49. The number of amides is 1. The summed E-state index contributed by atoms with van der Waals surface area (Å²) < 4.78 is 21.7. The molecule has 0 saturated carbocycles. The molecule has 160 valence electrons. The van der Waals surface area contributed by atoms with Crippen LogP contribution in [0.3, 0.4) is 0 Å². The number of piperazine rings is 1. The molecule has 2 aliphatic rings. The quantitative estimate of drug-likeness (QED) is 0.598. The van der Waals surface area contributed by atoms with Crippen LogP contribution in [0, 0.1) is 0 Å². The molecule has 0 N–H and O–H groups in total. The van der Waals surface area contributed by atoms with Crippen LogP contribution < -0.4 is 14.4 Å². The maximum Gasteiger partial charge on any atom is 0.248 e. The van der Waals surface area contributed by atoms with Gasteiger partial charge in [0, 0.05) is 44.0 Å². The Morgan fingerprint density at radius 3 is 2.74 bits per heavy atom. The lowest BCUT2D eigenvalue weighted by Gasteiger charge is -2.35. The summed E-state index contributed by atoms with van der Waals surface area (Å²) in [6, 6.07) is 13.2. The van der Waals surface area contributed by atoms with Gasteiger partial charge in [-0.1, -0.05) is 11.2 Å². The minimum Gasteiger partial charge on any atom is -0.454 e. The molecule has 1 amide bonds. The summed E-state index contributed by atoms with van der Waals surface area (Å²) >= 11 is 0. The highest BCUT2D eigenvalue weighted by molar-refractivity contribution is 5.77. The van der Waals surface area contributed by atoms with Gasteiger partial charge in [-0.3, -0.25) is 4.79 Å². The highest BCUT2D eigenvalue weighted by Gasteiger charge is 2.22. The van der Waals surface area contributed by atoms with Crippen LogP contribution in [0.5, 0.6) is 11.5 Å². The zero-order valence-electron chi connectivity index (χ0n) is 16.9. The molecule has 0 spiro atoms. The van der Waals surface area contributed by atoms with E-state index in [1.807, 2.05) is 41.3 Å². The second-order valence-electron chi connectivity index (χ2n) is 7.30. The molecule has 9 nitrogen and oxygen atoms in total. The Bertz CT molecular complexity index is 1050. The Kier molecular flexibility index (Phi) is 5.40. The zero-order chi connectivity index (χ0) is 21.0. The average molecular weight is 422 g/mol. The molecule has 2 aromatic heterocycles. The number of benzene rings is 1. The summed E-state index contributed by atoms with van der Waals surface area (Å²) in [7, 11) is 0. The van der Waals surface area contributed by atoms with Crippen LogP contribution >= 0.6 is 0 Å². The lowest BCUT2D eigenvalue weighted by atomic mass is 10.1. The van der Waals surface area contributed by atoms with Crippen molar-refractivity contribution in [1.82, 2.24) is 15.0 Å². The lowest BCUT2D eigenvalue weighted by molar-refractivity contribution is -0.136. The van der Waals surface area contributed by atoms with Crippen molar-refractivity contribution in [3.63, 3.8) is 0 Å². The van der Waals surface area contributed by atoms with Gasteiger partial charge in [-0.25, -0.2) is 4.98 Å². The fourth-order valence-corrected chi connectivity index (χ4v) is 3.63. The lowest BCUT2D eigenvalue weighted by Crippen LogP contribution is -2.50. The first-order chi connectivity index (χ1) is 15.3. The fourth-order valence-electron chi connectivity index (χ4n) is 3.63. The summed E-state index contributed by atoms with van der Waals surface area (Å²) in [6.45, 7) is 3.24. The standard InChI is InChI=1S/C22H22N4O5/c27-22(26-9-7-25(8-10-26)21-3-1-2-6-23-21)14-28-13-17-12-19(31-24-17)16-4-5-18-20(11-16)30-15-29-18/h1-6,11-12H,7-10,13-15H2. The van der Waals surface area contributed by atoms with E-state index in [0.717, 1.165) is 24.5 Å². The highest BCUT2D eigenvalue weighted by Crippen LogP contribution is 2.36. The van der Waals surface area contributed by atoms with Crippen LogP contribution in [0.25, 0.3) is 11.3 Å². The van der Waals surface area contributed by atoms with Crippen molar-refractivity contribution in [3.8, 4) is 22.8 Å². The van der Waals surface area contributed by atoms with Crippen LogP contribution in [-0.2, 0) is 16.1 Å². The van der Waals surface area contributed by atoms with E-state index >= 15 is 0 Å². The molecule has 0 atom stereocenters. The van der Waals surface area contributed by atoms with Crippen molar-refractivity contribution in [2.24, 2.45) is 0 Å². The zero-order valence-corrected chi connectivity index (χ0v) is 16.9. The summed E-state index contributed by atoms with van der Waals surface area (Å²) in [5.41, 5.74) is 1.46. The van der Waals surface area contributed by atoms with E-state index in [-0.39, 0.29) is 25.9 Å². The van der Waals surface area contributed by atoms with E-state index in [1.54, 1.807) is 12.3 Å². The molecule has 9 heteroatoms. The first-order valence-electron chi connectivity index (χ1n) is 10.1. The fraction of sp³-hybridized carbons (Fsp3) is 0.318. The molecule has 0 aliphatic carbocycles. The Balaban J connectivity index is 1.09. The van der Waals surface area contributed by atoms with E-state index < -0.39 is 0 Å². The van der Waals surface area contributed by atoms with Crippen molar-refractivity contribution < 1.29 is 23.5 Å². The number of pyridine rings is 1. The van der Waals surface area contributed by atoms with Gasteiger partial charge in [0.25, 0.3) is 0 Å². The molecule has 1 saturated heterocycles. The molecular formula is C22H22N4O5. The largest absolute Gasteiger partial charge is 0.454 e. The van der Waals surface area contributed by atoms with Crippen molar-refractivity contribution in [2.75, 3.05) is 44.5 Å². The van der Waals surface area contributed by atoms with E-state index in [0.29, 0.717) is 36.0 Å². The number of aromatic nitrogens is 2.